The Bertz CT molecular complexity index is 735. The van der Waals surface area contributed by atoms with Crippen LogP contribution in [0.1, 0.15) is 12.3 Å². The molecular weight excluding hydrogens is 328 g/mol. The highest BCUT2D eigenvalue weighted by molar-refractivity contribution is 5.88. The van der Waals surface area contributed by atoms with E-state index in [1.165, 1.54) is 4.90 Å². The molecule has 1 saturated heterocycles. The highest BCUT2D eigenvalue weighted by atomic mass is 16.5. The molecule has 1 fully saturated rings. The fraction of sp³-hybridized carbons (Fsp3) is 0.400. The van der Waals surface area contributed by atoms with E-state index in [2.05, 4.69) is 25.8 Å². The van der Waals surface area contributed by atoms with Crippen LogP contribution in [0.25, 0.3) is 11.4 Å². The number of aromatic nitrogens is 3. The summed E-state index contributed by atoms with van der Waals surface area (Å²) in [5.74, 6) is 0.354. The molecule has 2 aromatic rings. The number of carbonyl (C=O) groups excluding carboxylic acids is 2. The molecule has 0 spiro atoms. The molecule has 0 bridgehead atoms. The summed E-state index contributed by atoms with van der Waals surface area (Å²) in [7, 11) is 0. The van der Waals surface area contributed by atoms with Gasteiger partial charge in [0, 0.05) is 37.7 Å². The summed E-state index contributed by atoms with van der Waals surface area (Å²) >= 11 is 0. The fourth-order valence-electron chi connectivity index (χ4n) is 2.56. The van der Waals surface area contributed by atoms with Crippen LogP contribution in [0, 0.1) is 0 Å². The molecule has 1 atom stereocenters. The summed E-state index contributed by atoms with van der Waals surface area (Å²) in [6.45, 7) is 0.600. The zero-order valence-corrected chi connectivity index (χ0v) is 13.4. The molecule has 3 rings (SSSR count). The Balaban J connectivity index is 1.60. The van der Waals surface area contributed by atoms with Gasteiger partial charge in [-0.15, -0.1) is 0 Å². The first-order valence-electron chi connectivity index (χ1n) is 7.85. The maximum Gasteiger partial charge on any atom is 0.318 e. The normalized spacial score (nSPS) is 17.2. The van der Waals surface area contributed by atoms with Crippen molar-refractivity contribution in [3.63, 3.8) is 0 Å². The van der Waals surface area contributed by atoms with Crippen LogP contribution >= 0.6 is 0 Å². The van der Waals surface area contributed by atoms with Gasteiger partial charge in [-0.2, -0.15) is 4.98 Å². The second-order valence-electron chi connectivity index (χ2n) is 5.42. The fourth-order valence-corrected chi connectivity index (χ4v) is 2.56. The van der Waals surface area contributed by atoms with Gasteiger partial charge in [0.1, 0.15) is 6.04 Å². The van der Waals surface area contributed by atoms with E-state index in [0.29, 0.717) is 24.5 Å². The number of urea groups is 1. The number of pyridine rings is 1. The van der Waals surface area contributed by atoms with Gasteiger partial charge in [0.25, 0.3) is 0 Å². The average Bonchev–Trinajstić information content (AvgIpc) is 3.11. The Labute approximate surface area is 143 Å². The van der Waals surface area contributed by atoms with Crippen molar-refractivity contribution in [2.75, 3.05) is 19.7 Å². The molecule has 0 saturated carbocycles. The third-order valence-corrected chi connectivity index (χ3v) is 3.77. The van der Waals surface area contributed by atoms with E-state index in [1.54, 1.807) is 24.5 Å². The number of hydrogen-bond donors (Lipinski definition) is 3. The summed E-state index contributed by atoms with van der Waals surface area (Å²) < 4.78 is 5.11. The highest BCUT2D eigenvalue weighted by Gasteiger charge is 2.32. The number of nitrogens with one attached hydrogen (secondary N) is 2. The lowest BCUT2D eigenvalue weighted by molar-refractivity contribution is -0.128. The number of amides is 3. The lowest BCUT2D eigenvalue weighted by Crippen LogP contribution is -2.59. The average molecular weight is 346 g/mol. The maximum atomic E-state index is 12.3. The van der Waals surface area contributed by atoms with Gasteiger partial charge in [0.15, 0.2) is 0 Å². The third kappa shape index (κ3) is 3.91. The monoisotopic (exact) mass is 346 g/mol. The highest BCUT2D eigenvalue weighted by Crippen LogP contribution is 2.14. The first-order valence-corrected chi connectivity index (χ1v) is 7.85. The van der Waals surface area contributed by atoms with Crippen molar-refractivity contribution in [3.8, 4) is 11.4 Å². The van der Waals surface area contributed by atoms with Crippen LogP contribution in [-0.4, -0.2) is 62.8 Å². The number of nitrogens with zero attached hydrogens (tertiary/aromatic N) is 4. The smallest absolute Gasteiger partial charge is 0.318 e. The van der Waals surface area contributed by atoms with E-state index in [9.17, 15) is 9.59 Å². The van der Waals surface area contributed by atoms with Gasteiger partial charge >= 0.3 is 6.03 Å². The predicted molar refractivity (Wildman–Crippen MR) is 85.0 cm³/mol. The molecule has 10 heteroatoms. The van der Waals surface area contributed by atoms with Crippen LogP contribution < -0.4 is 10.6 Å². The summed E-state index contributed by atoms with van der Waals surface area (Å²) in [5.41, 5.74) is 0.708. The van der Waals surface area contributed by atoms with Crippen molar-refractivity contribution in [1.82, 2.24) is 30.7 Å². The predicted octanol–water partition coefficient (Wildman–Crippen LogP) is -0.476. The number of hydrogen-bond acceptors (Lipinski definition) is 7. The summed E-state index contributed by atoms with van der Waals surface area (Å²) in [6.07, 6.45) is 3.44. The molecule has 3 N–H and O–H groups in total. The third-order valence-electron chi connectivity index (χ3n) is 3.77. The molecule has 3 heterocycles. The minimum Gasteiger partial charge on any atom is -0.396 e. The molecule has 0 aliphatic carbocycles. The molecule has 1 aliphatic rings. The lowest BCUT2D eigenvalue weighted by atomic mass is 10.1. The van der Waals surface area contributed by atoms with Gasteiger partial charge in [-0.1, -0.05) is 5.16 Å². The second-order valence-corrected chi connectivity index (χ2v) is 5.42. The van der Waals surface area contributed by atoms with Crippen molar-refractivity contribution in [1.29, 1.82) is 0 Å². The first-order chi connectivity index (χ1) is 12.2. The molecule has 0 radical (unpaired) electrons. The number of carbonyl (C=O) groups is 2. The minimum atomic E-state index is -0.688. The zero-order valence-electron chi connectivity index (χ0n) is 13.4. The van der Waals surface area contributed by atoms with Gasteiger partial charge in [-0.25, -0.2) is 4.79 Å². The first kappa shape index (κ1) is 16.8. The topological polar surface area (TPSA) is 133 Å². The van der Waals surface area contributed by atoms with Gasteiger partial charge in [0.2, 0.25) is 17.6 Å². The zero-order chi connectivity index (χ0) is 17.6. The number of rotatable bonds is 5. The van der Waals surface area contributed by atoms with Gasteiger partial charge in [-0.05, 0) is 18.6 Å². The van der Waals surface area contributed by atoms with Crippen molar-refractivity contribution in [3.05, 3.63) is 30.4 Å². The molecular formula is C15H18N6O4. The van der Waals surface area contributed by atoms with Crippen molar-refractivity contribution in [2.24, 2.45) is 0 Å². The Morgan fingerprint density at radius 1 is 1.52 bits per heavy atom. The largest absolute Gasteiger partial charge is 0.396 e. The van der Waals surface area contributed by atoms with Gasteiger partial charge in [0.05, 0.1) is 6.54 Å². The molecule has 25 heavy (non-hydrogen) atoms. The van der Waals surface area contributed by atoms with E-state index < -0.39 is 12.1 Å². The van der Waals surface area contributed by atoms with E-state index in [-0.39, 0.29) is 31.4 Å². The number of aliphatic hydroxyl groups is 1. The van der Waals surface area contributed by atoms with Crippen molar-refractivity contribution < 1.29 is 19.2 Å². The van der Waals surface area contributed by atoms with Crippen LogP contribution in [0.15, 0.2) is 29.0 Å². The maximum absolute atomic E-state index is 12.3. The minimum absolute atomic E-state index is 0.0378. The lowest BCUT2D eigenvalue weighted by Gasteiger charge is -2.34. The molecule has 1 aliphatic heterocycles. The van der Waals surface area contributed by atoms with Crippen LogP contribution in [0.3, 0.4) is 0 Å². The van der Waals surface area contributed by atoms with E-state index in [1.807, 2.05) is 0 Å². The van der Waals surface area contributed by atoms with Crippen molar-refractivity contribution >= 4 is 11.9 Å². The van der Waals surface area contributed by atoms with E-state index in [0.717, 1.165) is 0 Å². The standard InChI is InChI=1S/C15H18N6O4/c22-7-3-11-14(23)17-5-6-21(11)15(24)18-9-12-19-13(20-25-12)10-2-1-4-16-8-10/h1-2,4,8,11,22H,3,5-7,9H2,(H,17,23)(H,18,24)/t11-/m0/s1. The van der Waals surface area contributed by atoms with Gasteiger partial charge < -0.3 is 25.2 Å². The molecule has 132 valence electrons. The Hall–Kier alpha value is -3.01. The van der Waals surface area contributed by atoms with E-state index >= 15 is 0 Å². The summed E-state index contributed by atoms with van der Waals surface area (Å²) in [6, 6.07) is 2.45. The Morgan fingerprint density at radius 2 is 2.40 bits per heavy atom. The van der Waals surface area contributed by atoms with Crippen LogP contribution in [0.2, 0.25) is 0 Å². The Kier molecular flexibility index (Phi) is 5.19. The van der Waals surface area contributed by atoms with Gasteiger partial charge in [-0.3, -0.25) is 9.78 Å². The van der Waals surface area contributed by atoms with Crippen LogP contribution in [0.4, 0.5) is 4.79 Å². The SMILES string of the molecule is O=C1NCCN(C(=O)NCc2nc(-c3cccnc3)no2)[C@H]1CCO. The van der Waals surface area contributed by atoms with E-state index in [4.69, 9.17) is 9.63 Å². The quantitative estimate of drug-likeness (QED) is 0.666. The van der Waals surface area contributed by atoms with Crippen LogP contribution in [-0.2, 0) is 11.3 Å². The van der Waals surface area contributed by atoms with Crippen molar-refractivity contribution in [2.45, 2.75) is 19.0 Å². The molecule has 3 amide bonds. The summed E-state index contributed by atoms with van der Waals surface area (Å²) in [4.78, 5) is 33.8. The second kappa shape index (κ2) is 7.71. The van der Waals surface area contributed by atoms with Crippen LogP contribution in [0.5, 0.6) is 0 Å². The molecule has 2 aromatic heterocycles. The molecule has 10 nitrogen and oxygen atoms in total. The molecule has 0 unspecified atom stereocenters. The number of aliphatic hydroxyl groups excluding tert-OH is 1. The molecule has 0 aromatic carbocycles. The summed E-state index contributed by atoms with van der Waals surface area (Å²) in [5, 5.41) is 18.3. The number of piperazine rings is 1. The Morgan fingerprint density at radius 3 is 3.16 bits per heavy atom.